The number of nitrogens with one attached hydrogen (secondary N) is 1. The molecule has 98 valence electrons. The number of ketones is 1. The van der Waals surface area contributed by atoms with Gasteiger partial charge in [-0.25, -0.2) is 9.97 Å². The molecular weight excluding hydrogens is 286 g/mol. The van der Waals surface area contributed by atoms with Crippen LogP contribution in [0.2, 0.25) is 4.34 Å². The highest BCUT2D eigenvalue weighted by Gasteiger charge is 2.12. The monoisotopic (exact) mass is 295 g/mol. The number of hydrogen-bond acceptors (Lipinski definition) is 5. The number of carbonyl (C=O) groups is 2. The van der Waals surface area contributed by atoms with E-state index in [9.17, 15) is 9.59 Å². The molecule has 0 aromatic carbocycles. The Morgan fingerprint density at radius 2 is 1.95 bits per heavy atom. The van der Waals surface area contributed by atoms with Gasteiger partial charge in [-0.05, 0) is 18.2 Å². The zero-order chi connectivity index (χ0) is 13.7. The van der Waals surface area contributed by atoms with Crippen molar-refractivity contribution in [3.05, 3.63) is 39.8 Å². The second kappa shape index (κ2) is 6.40. The van der Waals surface area contributed by atoms with Gasteiger partial charge in [-0.1, -0.05) is 11.6 Å². The highest BCUT2D eigenvalue weighted by atomic mass is 35.5. The molecule has 2 heterocycles. The molecule has 2 aromatic rings. The van der Waals surface area contributed by atoms with E-state index in [2.05, 4.69) is 15.3 Å². The first-order valence-corrected chi connectivity index (χ1v) is 6.70. The van der Waals surface area contributed by atoms with Crippen LogP contribution in [0.3, 0.4) is 0 Å². The molecule has 0 saturated heterocycles. The number of halogens is 1. The minimum absolute atomic E-state index is 0.0899. The predicted octanol–water partition coefficient (Wildman–Crippen LogP) is 2.79. The van der Waals surface area contributed by atoms with Crippen molar-refractivity contribution in [1.82, 2.24) is 9.97 Å². The summed E-state index contributed by atoms with van der Waals surface area (Å²) < 4.78 is 0.561. The van der Waals surface area contributed by atoms with Gasteiger partial charge in [-0.3, -0.25) is 14.9 Å². The molecule has 0 unspecified atom stereocenters. The van der Waals surface area contributed by atoms with Gasteiger partial charge in [0.15, 0.2) is 5.78 Å². The summed E-state index contributed by atoms with van der Waals surface area (Å²) in [6.45, 7) is 0. The van der Waals surface area contributed by atoms with Gasteiger partial charge < -0.3 is 0 Å². The molecule has 0 saturated carbocycles. The number of hydrogen-bond donors (Lipinski definition) is 1. The Morgan fingerprint density at radius 1 is 1.21 bits per heavy atom. The molecular formula is C12H10ClN3O2S. The molecule has 0 spiro atoms. The molecule has 5 nitrogen and oxygen atoms in total. The lowest BCUT2D eigenvalue weighted by Crippen LogP contribution is -2.14. The zero-order valence-electron chi connectivity index (χ0n) is 9.80. The van der Waals surface area contributed by atoms with E-state index < -0.39 is 0 Å². The van der Waals surface area contributed by atoms with Crippen LogP contribution < -0.4 is 5.32 Å². The van der Waals surface area contributed by atoms with E-state index in [4.69, 9.17) is 11.6 Å². The fourth-order valence-electron chi connectivity index (χ4n) is 1.37. The lowest BCUT2D eigenvalue weighted by atomic mass is 10.2. The van der Waals surface area contributed by atoms with E-state index in [1.165, 1.54) is 23.7 Å². The smallest absolute Gasteiger partial charge is 0.229 e. The van der Waals surface area contributed by atoms with Gasteiger partial charge >= 0.3 is 0 Å². The maximum Gasteiger partial charge on any atom is 0.229 e. The minimum atomic E-state index is -0.290. The highest BCUT2D eigenvalue weighted by Crippen LogP contribution is 2.22. The van der Waals surface area contributed by atoms with Crippen molar-refractivity contribution in [1.29, 1.82) is 0 Å². The molecule has 7 heteroatoms. The van der Waals surface area contributed by atoms with Crippen LogP contribution in [0.25, 0.3) is 0 Å². The van der Waals surface area contributed by atoms with Gasteiger partial charge in [-0.15, -0.1) is 11.3 Å². The van der Waals surface area contributed by atoms with Gasteiger partial charge in [0.2, 0.25) is 11.9 Å². The van der Waals surface area contributed by atoms with Gasteiger partial charge in [-0.2, -0.15) is 0 Å². The van der Waals surface area contributed by atoms with E-state index in [1.807, 2.05) is 0 Å². The van der Waals surface area contributed by atoms with Gasteiger partial charge in [0.25, 0.3) is 0 Å². The molecule has 0 bridgehead atoms. The number of amides is 1. The Bertz CT molecular complexity index is 586. The quantitative estimate of drug-likeness (QED) is 0.861. The molecule has 2 aromatic heterocycles. The Hall–Kier alpha value is -1.79. The third-order valence-corrected chi connectivity index (χ3v) is 3.52. The Kier molecular flexibility index (Phi) is 4.59. The molecule has 0 aliphatic heterocycles. The van der Waals surface area contributed by atoms with Crippen LogP contribution in [0, 0.1) is 0 Å². The molecule has 2 rings (SSSR count). The van der Waals surface area contributed by atoms with Crippen LogP contribution >= 0.6 is 22.9 Å². The number of rotatable bonds is 5. The van der Waals surface area contributed by atoms with Crippen molar-refractivity contribution >= 4 is 40.6 Å². The van der Waals surface area contributed by atoms with Gasteiger partial charge in [0.1, 0.15) is 0 Å². The van der Waals surface area contributed by atoms with E-state index in [1.54, 1.807) is 18.2 Å². The summed E-state index contributed by atoms with van der Waals surface area (Å²) in [6, 6.07) is 4.98. The number of anilines is 1. The van der Waals surface area contributed by atoms with Crippen LogP contribution in [-0.2, 0) is 4.79 Å². The Morgan fingerprint density at radius 3 is 2.58 bits per heavy atom. The maximum absolute atomic E-state index is 11.8. The standard InChI is InChI=1S/C12H10ClN3O2S/c13-10-4-3-9(19-10)8(17)2-5-11(18)16-12-14-6-1-7-15-12/h1,3-4,6-7H,2,5H2,(H,14,15,16,18). The van der Waals surface area contributed by atoms with Crippen LogP contribution in [0.5, 0.6) is 0 Å². The van der Waals surface area contributed by atoms with Gasteiger partial charge in [0.05, 0.1) is 9.21 Å². The lowest BCUT2D eigenvalue weighted by Gasteiger charge is -2.01. The molecule has 0 aliphatic rings. The first-order chi connectivity index (χ1) is 9.15. The fraction of sp³-hybridized carbons (Fsp3) is 0.167. The molecule has 0 atom stereocenters. The number of thiophene rings is 1. The van der Waals surface area contributed by atoms with E-state index >= 15 is 0 Å². The second-order valence-electron chi connectivity index (χ2n) is 3.65. The summed E-state index contributed by atoms with van der Waals surface area (Å²) in [5, 5.41) is 2.52. The van der Waals surface area contributed by atoms with Gasteiger partial charge in [0, 0.05) is 25.2 Å². The Balaban J connectivity index is 1.82. The first-order valence-electron chi connectivity index (χ1n) is 5.50. The average Bonchev–Trinajstić information content (AvgIpc) is 2.84. The zero-order valence-corrected chi connectivity index (χ0v) is 11.4. The summed E-state index contributed by atoms with van der Waals surface area (Å²) in [7, 11) is 0. The summed E-state index contributed by atoms with van der Waals surface area (Å²) in [5.41, 5.74) is 0. The summed E-state index contributed by atoms with van der Waals surface area (Å²) in [5.74, 6) is -0.151. The molecule has 0 aliphatic carbocycles. The first kappa shape index (κ1) is 13.6. The molecule has 1 N–H and O–H groups in total. The van der Waals surface area contributed by atoms with Crippen molar-refractivity contribution in [3.8, 4) is 0 Å². The molecule has 0 radical (unpaired) electrons. The number of carbonyl (C=O) groups excluding carboxylic acids is 2. The lowest BCUT2D eigenvalue weighted by molar-refractivity contribution is -0.116. The van der Waals surface area contributed by atoms with Crippen molar-refractivity contribution in [2.24, 2.45) is 0 Å². The fourth-order valence-corrected chi connectivity index (χ4v) is 2.38. The van der Waals surface area contributed by atoms with Crippen LogP contribution in [0.15, 0.2) is 30.6 Å². The topological polar surface area (TPSA) is 72.0 Å². The predicted molar refractivity (Wildman–Crippen MR) is 73.6 cm³/mol. The largest absolute Gasteiger partial charge is 0.295 e. The number of aromatic nitrogens is 2. The number of Topliss-reactive ketones (excluding diaryl/α,β-unsaturated/α-hetero) is 1. The van der Waals surface area contributed by atoms with Crippen molar-refractivity contribution in [2.45, 2.75) is 12.8 Å². The summed E-state index contributed by atoms with van der Waals surface area (Å²) in [4.78, 5) is 31.6. The Labute approximate surface area is 118 Å². The number of nitrogens with zero attached hydrogens (tertiary/aromatic N) is 2. The van der Waals surface area contributed by atoms with E-state index in [0.717, 1.165) is 0 Å². The van der Waals surface area contributed by atoms with Crippen LogP contribution in [-0.4, -0.2) is 21.7 Å². The van der Waals surface area contributed by atoms with Crippen LogP contribution in [0.1, 0.15) is 22.5 Å². The third kappa shape index (κ3) is 4.11. The second-order valence-corrected chi connectivity index (χ2v) is 5.36. The van der Waals surface area contributed by atoms with Crippen LogP contribution in [0.4, 0.5) is 5.95 Å². The molecule has 19 heavy (non-hydrogen) atoms. The maximum atomic E-state index is 11.8. The normalized spacial score (nSPS) is 10.2. The van der Waals surface area contributed by atoms with Crippen molar-refractivity contribution < 1.29 is 9.59 Å². The molecule has 1 amide bonds. The van der Waals surface area contributed by atoms with E-state index in [0.29, 0.717) is 9.21 Å². The molecule has 0 fully saturated rings. The van der Waals surface area contributed by atoms with Crippen molar-refractivity contribution in [2.75, 3.05) is 5.32 Å². The summed E-state index contributed by atoms with van der Waals surface area (Å²) in [6.07, 6.45) is 3.28. The average molecular weight is 296 g/mol. The highest BCUT2D eigenvalue weighted by molar-refractivity contribution is 7.18. The van der Waals surface area contributed by atoms with E-state index in [-0.39, 0.29) is 30.5 Å². The summed E-state index contributed by atoms with van der Waals surface area (Å²) >= 11 is 6.96. The van der Waals surface area contributed by atoms with Crippen molar-refractivity contribution in [3.63, 3.8) is 0 Å². The minimum Gasteiger partial charge on any atom is -0.295 e. The third-order valence-electron chi connectivity index (χ3n) is 2.24. The SMILES string of the molecule is O=C(CCC(=O)c1ccc(Cl)s1)Nc1ncccn1.